The number of benzene rings is 1. The van der Waals surface area contributed by atoms with Crippen LogP contribution in [0, 0.1) is 0 Å². The van der Waals surface area contributed by atoms with Crippen LogP contribution in [0.5, 0.6) is 5.75 Å². The van der Waals surface area contributed by atoms with E-state index in [9.17, 15) is 13.2 Å². The predicted octanol–water partition coefficient (Wildman–Crippen LogP) is 2.16. The van der Waals surface area contributed by atoms with E-state index in [1.54, 1.807) is 30.1 Å². The molecule has 0 saturated heterocycles. The molecule has 0 bridgehead atoms. The summed E-state index contributed by atoms with van der Waals surface area (Å²) < 4.78 is 30.6. The summed E-state index contributed by atoms with van der Waals surface area (Å²) in [7, 11) is 0.505. The summed E-state index contributed by atoms with van der Waals surface area (Å²) in [5.41, 5.74) is 0.193. The Labute approximate surface area is 154 Å². The molecule has 0 unspecified atom stereocenters. The summed E-state index contributed by atoms with van der Waals surface area (Å²) in [4.78, 5) is 14.7. The van der Waals surface area contributed by atoms with E-state index in [0.717, 1.165) is 0 Å². The SMILES string of the molecule is CNC(=S)N(C(=O)C1(c2ccc(OC)c(N=S(=O)=O)c2)CC1)C(C)C. The Hall–Kier alpha value is -2.00. The third kappa shape index (κ3) is 3.82. The smallest absolute Gasteiger partial charge is 0.316 e. The molecule has 1 N–H and O–H groups in total. The number of rotatable bonds is 5. The average molecular weight is 383 g/mol. The minimum absolute atomic E-state index is 0.0959. The Bertz CT molecular complexity index is 822. The molecule has 136 valence electrons. The minimum Gasteiger partial charge on any atom is -0.494 e. The van der Waals surface area contributed by atoms with Gasteiger partial charge in [0.1, 0.15) is 11.4 Å². The van der Waals surface area contributed by atoms with Gasteiger partial charge in [-0.1, -0.05) is 6.07 Å². The van der Waals surface area contributed by atoms with Crippen molar-refractivity contribution in [2.75, 3.05) is 14.2 Å². The lowest BCUT2D eigenvalue weighted by atomic mass is 9.93. The number of carbonyl (C=O) groups is 1. The lowest BCUT2D eigenvalue weighted by Crippen LogP contribution is -2.50. The lowest BCUT2D eigenvalue weighted by molar-refractivity contribution is -0.131. The standard InChI is InChI=1S/C16H21N3O4S2/c1-10(2)19(15(24)17-3)14(20)16(7-8-16)11-5-6-13(23-4)12(9-11)18-25(21)22/h5-6,9-10H,7-8H2,1-4H3,(H,17,24). The number of ether oxygens (including phenoxy) is 1. The van der Waals surface area contributed by atoms with E-state index in [4.69, 9.17) is 17.0 Å². The van der Waals surface area contributed by atoms with Gasteiger partial charge in [0.15, 0.2) is 5.11 Å². The van der Waals surface area contributed by atoms with Crippen molar-refractivity contribution >= 4 is 39.4 Å². The number of hydrogen-bond donors (Lipinski definition) is 1. The molecule has 25 heavy (non-hydrogen) atoms. The first-order valence-corrected chi connectivity index (χ1v) is 9.26. The van der Waals surface area contributed by atoms with E-state index in [1.807, 2.05) is 13.8 Å². The number of methoxy groups -OCH3 is 1. The molecule has 1 amide bonds. The van der Waals surface area contributed by atoms with Crippen molar-refractivity contribution in [2.45, 2.75) is 38.1 Å². The van der Waals surface area contributed by atoms with Gasteiger partial charge in [0.25, 0.3) is 0 Å². The van der Waals surface area contributed by atoms with Crippen molar-refractivity contribution in [3.63, 3.8) is 0 Å². The van der Waals surface area contributed by atoms with Crippen LogP contribution in [0.3, 0.4) is 0 Å². The number of hydrogen-bond acceptors (Lipinski definition) is 6. The van der Waals surface area contributed by atoms with E-state index in [0.29, 0.717) is 29.3 Å². The summed E-state index contributed by atoms with van der Waals surface area (Å²) in [6.45, 7) is 3.79. The second-order valence-electron chi connectivity index (χ2n) is 6.10. The van der Waals surface area contributed by atoms with Crippen LogP contribution in [-0.2, 0) is 20.7 Å². The van der Waals surface area contributed by atoms with Crippen LogP contribution in [0.25, 0.3) is 0 Å². The maximum atomic E-state index is 13.2. The van der Waals surface area contributed by atoms with Crippen molar-refractivity contribution in [2.24, 2.45) is 4.36 Å². The molecule has 0 spiro atoms. The van der Waals surface area contributed by atoms with E-state index >= 15 is 0 Å². The zero-order chi connectivity index (χ0) is 18.8. The molecular formula is C16H21N3O4S2. The fraction of sp³-hybridized carbons (Fsp3) is 0.500. The van der Waals surface area contributed by atoms with Gasteiger partial charge in [0.2, 0.25) is 5.91 Å². The second kappa shape index (κ2) is 7.49. The first kappa shape index (κ1) is 19.3. The fourth-order valence-electron chi connectivity index (χ4n) is 2.80. The molecule has 1 aliphatic rings. The molecule has 0 radical (unpaired) electrons. The third-order valence-electron chi connectivity index (χ3n) is 4.23. The Morgan fingerprint density at radius 2 is 2.04 bits per heavy atom. The quantitative estimate of drug-likeness (QED) is 0.784. The van der Waals surface area contributed by atoms with Crippen LogP contribution in [0.1, 0.15) is 32.3 Å². The maximum Gasteiger partial charge on any atom is 0.316 e. The lowest BCUT2D eigenvalue weighted by Gasteiger charge is -2.31. The van der Waals surface area contributed by atoms with Crippen LogP contribution >= 0.6 is 12.2 Å². The minimum atomic E-state index is -2.61. The number of thiocarbonyl (C=S) groups is 1. The van der Waals surface area contributed by atoms with E-state index in [1.165, 1.54) is 7.11 Å². The zero-order valence-electron chi connectivity index (χ0n) is 14.6. The molecule has 0 aliphatic heterocycles. The van der Waals surface area contributed by atoms with E-state index in [2.05, 4.69) is 9.68 Å². The van der Waals surface area contributed by atoms with Gasteiger partial charge in [-0.15, -0.1) is 4.36 Å². The van der Waals surface area contributed by atoms with Gasteiger partial charge in [-0.25, -0.2) is 0 Å². The highest BCUT2D eigenvalue weighted by atomic mass is 32.2. The van der Waals surface area contributed by atoms with Crippen LogP contribution in [-0.4, -0.2) is 44.5 Å². The van der Waals surface area contributed by atoms with Crippen molar-refractivity contribution in [1.29, 1.82) is 0 Å². The average Bonchev–Trinajstić information content (AvgIpc) is 3.35. The van der Waals surface area contributed by atoms with Gasteiger partial charge in [0, 0.05) is 13.1 Å². The number of amides is 1. The van der Waals surface area contributed by atoms with E-state index < -0.39 is 15.9 Å². The van der Waals surface area contributed by atoms with Gasteiger partial charge >= 0.3 is 10.5 Å². The molecule has 1 saturated carbocycles. The van der Waals surface area contributed by atoms with Crippen molar-refractivity contribution in [3.8, 4) is 5.75 Å². The molecular weight excluding hydrogens is 362 g/mol. The Morgan fingerprint density at radius 3 is 2.48 bits per heavy atom. The predicted molar refractivity (Wildman–Crippen MR) is 98.6 cm³/mol. The molecule has 1 fully saturated rings. The van der Waals surface area contributed by atoms with Crippen LogP contribution < -0.4 is 10.1 Å². The summed E-state index contributed by atoms with van der Waals surface area (Å²) in [5.74, 6) is 0.240. The topological polar surface area (TPSA) is 88.1 Å². The summed E-state index contributed by atoms with van der Waals surface area (Å²) in [6.07, 6.45) is 1.35. The highest BCUT2D eigenvalue weighted by Gasteiger charge is 2.54. The van der Waals surface area contributed by atoms with Gasteiger partial charge in [-0.2, -0.15) is 8.42 Å². The van der Waals surface area contributed by atoms with Crippen LogP contribution in [0.15, 0.2) is 22.6 Å². The molecule has 2 rings (SSSR count). The third-order valence-corrected chi connectivity index (χ3v) is 4.98. The largest absolute Gasteiger partial charge is 0.494 e. The van der Waals surface area contributed by atoms with Crippen molar-refractivity contribution in [1.82, 2.24) is 10.2 Å². The summed E-state index contributed by atoms with van der Waals surface area (Å²) in [6, 6.07) is 4.91. The number of carbonyl (C=O) groups excluding carboxylic acids is 1. The highest BCUT2D eigenvalue weighted by Crippen LogP contribution is 2.51. The van der Waals surface area contributed by atoms with Gasteiger partial charge in [-0.3, -0.25) is 9.69 Å². The zero-order valence-corrected chi connectivity index (χ0v) is 16.2. The highest BCUT2D eigenvalue weighted by molar-refractivity contribution is 7.80. The summed E-state index contributed by atoms with van der Waals surface area (Å²) in [5, 5.41) is 3.22. The first-order valence-electron chi connectivity index (χ1n) is 7.82. The van der Waals surface area contributed by atoms with Crippen molar-refractivity contribution < 1.29 is 17.9 Å². The number of nitrogens with one attached hydrogen (secondary N) is 1. The maximum absolute atomic E-state index is 13.2. The second-order valence-corrected chi connectivity index (χ2v) is 7.10. The molecule has 1 aromatic carbocycles. The molecule has 1 aromatic rings. The molecule has 0 aromatic heterocycles. The van der Waals surface area contributed by atoms with Gasteiger partial charge in [-0.05, 0) is 56.6 Å². The fourth-order valence-corrected chi connectivity index (χ4v) is 3.40. The Morgan fingerprint density at radius 1 is 1.40 bits per heavy atom. The first-order chi connectivity index (χ1) is 11.8. The van der Waals surface area contributed by atoms with Gasteiger partial charge < -0.3 is 10.1 Å². The Kier molecular flexibility index (Phi) is 5.79. The van der Waals surface area contributed by atoms with Crippen LogP contribution in [0.2, 0.25) is 0 Å². The molecule has 9 heteroatoms. The van der Waals surface area contributed by atoms with Gasteiger partial charge in [0.05, 0.1) is 12.5 Å². The molecule has 7 nitrogen and oxygen atoms in total. The monoisotopic (exact) mass is 383 g/mol. The molecule has 0 atom stereocenters. The molecule has 0 heterocycles. The summed E-state index contributed by atoms with van der Waals surface area (Å²) >= 11 is 5.27. The number of nitrogens with zero attached hydrogens (tertiary/aromatic N) is 2. The van der Waals surface area contributed by atoms with Crippen molar-refractivity contribution in [3.05, 3.63) is 23.8 Å². The van der Waals surface area contributed by atoms with Crippen LogP contribution in [0.4, 0.5) is 5.69 Å². The normalized spacial score (nSPS) is 14.6. The Balaban J connectivity index is 2.48. The molecule has 1 aliphatic carbocycles. The van der Waals surface area contributed by atoms with E-state index in [-0.39, 0.29) is 17.6 Å².